The van der Waals surface area contributed by atoms with E-state index in [-0.39, 0.29) is 17.0 Å². The number of nitrogens with one attached hydrogen (secondary N) is 1. The number of carbonyl (C=O) groups excluding carboxylic acids is 2. The van der Waals surface area contributed by atoms with Crippen molar-refractivity contribution in [2.45, 2.75) is 78.1 Å². The van der Waals surface area contributed by atoms with Crippen LogP contribution in [0.2, 0.25) is 18.1 Å². The molecule has 2 rings (SSSR count). The molecule has 0 atom stereocenters. The lowest BCUT2D eigenvalue weighted by atomic mass is 10.1. The third-order valence-electron chi connectivity index (χ3n) is 6.91. The highest BCUT2D eigenvalue weighted by Gasteiger charge is 2.37. The summed E-state index contributed by atoms with van der Waals surface area (Å²) in [5.41, 5.74) is 8.44. The van der Waals surface area contributed by atoms with Crippen LogP contribution < -0.4 is 11.1 Å². The van der Waals surface area contributed by atoms with Crippen molar-refractivity contribution in [3.63, 3.8) is 0 Å². The second-order valence-corrected chi connectivity index (χ2v) is 15.8. The third kappa shape index (κ3) is 9.85. The Morgan fingerprint density at radius 1 is 0.973 bits per heavy atom. The number of nitrogens with zero attached hydrogens (tertiary/aromatic N) is 1. The summed E-state index contributed by atoms with van der Waals surface area (Å²) in [6, 6.07) is 14.4. The van der Waals surface area contributed by atoms with Crippen LogP contribution in [0.1, 0.15) is 69.3 Å². The Bertz CT molecular complexity index is 1000. The second-order valence-electron chi connectivity index (χ2n) is 10.9. The maximum atomic E-state index is 12.9. The number of hydrogen-bond acceptors (Lipinski definition) is 5. The van der Waals surface area contributed by atoms with Gasteiger partial charge in [-0.2, -0.15) is 0 Å². The molecule has 0 bridgehead atoms. The van der Waals surface area contributed by atoms with Crippen LogP contribution in [0.15, 0.2) is 48.5 Å². The molecule has 0 saturated heterocycles. The van der Waals surface area contributed by atoms with Crippen LogP contribution >= 0.6 is 0 Å². The molecule has 0 aliphatic carbocycles. The van der Waals surface area contributed by atoms with Gasteiger partial charge < -0.3 is 25.1 Å². The minimum atomic E-state index is -1.93. The third-order valence-corrected chi connectivity index (χ3v) is 11.4. The minimum absolute atomic E-state index is 0.0957. The fourth-order valence-corrected chi connectivity index (χ4v) is 4.46. The van der Waals surface area contributed by atoms with E-state index in [9.17, 15) is 9.59 Å². The number of amides is 2. The Labute approximate surface area is 223 Å². The zero-order chi connectivity index (χ0) is 27.5. The molecule has 0 heterocycles. The fourth-order valence-electron chi connectivity index (χ4n) is 3.43. The average molecular weight is 528 g/mol. The highest BCUT2D eigenvalue weighted by Crippen LogP contribution is 2.36. The molecular weight excluding hydrogens is 482 g/mol. The number of rotatable bonds is 13. The van der Waals surface area contributed by atoms with Crippen LogP contribution in [0.3, 0.4) is 0 Å². The molecule has 2 aromatic carbocycles. The second kappa shape index (κ2) is 14.2. The Morgan fingerprint density at radius 3 is 2.27 bits per heavy atom. The number of carbonyl (C=O) groups is 2. The van der Waals surface area contributed by atoms with Gasteiger partial charge >= 0.3 is 6.09 Å². The number of benzene rings is 2. The molecule has 204 valence electrons. The Morgan fingerprint density at radius 2 is 1.65 bits per heavy atom. The summed E-state index contributed by atoms with van der Waals surface area (Å²) in [6.45, 7) is 14.9. The van der Waals surface area contributed by atoms with Crippen molar-refractivity contribution in [1.82, 2.24) is 4.90 Å². The van der Waals surface area contributed by atoms with Crippen LogP contribution in [-0.2, 0) is 15.7 Å². The van der Waals surface area contributed by atoms with Gasteiger partial charge in [0, 0.05) is 18.7 Å². The Balaban J connectivity index is 2.03. The van der Waals surface area contributed by atoms with Gasteiger partial charge in [0.15, 0.2) is 8.32 Å². The molecule has 0 saturated carbocycles. The average Bonchev–Trinajstić information content (AvgIpc) is 2.84. The highest BCUT2D eigenvalue weighted by atomic mass is 28.4. The zero-order valence-corrected chi connectivity index (χ0v) is 24.4. The number of hydrogen-bond donors (Lipinski definition) is 2. The first-order chi connectivity index (χ1) is 17.4. The first kappa shape index (κ1) is 30.4. The van der Waals surface area contributed by atoms with E-state index in [1.165, 1.54) is 0 Å². The Hall–Kier alpha value is -2.84. The summed E-state index contributed by atoms with van der Waals surface area (Å²) >= 11 is 0. The van der Waals surface area contributed by atoms with Crippen LogP contribution in [0, 0.1) is 0 Å². The molecule has 3 N–H and O–H groups in total. The lowest BCUT2D eigenvalue weighted by Gasteiger charge is -2.36. The van der Waals surface area contributed by atoms with Crippen molar-refractivity contribution < 1.29 is 18.8 Å². The summed E-state index contributed by atoms with van der Waals surface area (Å²) in [6.07, 6.45) is 3.85. The molecule has 0 unspecified atom stereocenters. The maximum absolute atomic E-state index is 12.9. The molecule has 7 nitrogen and oxygen atoms in total. The van der Waals surface area contributed by atoms with Gasteiger partial charge in [-0.25, -0.2) is 4.79 Å². The number of anilines is 2. The van der Waals surface area contributed by atoms with Crippen LogP contribution in [-0.4, -0.2) is 45.0 Å². The van der Waals surface area contributed by atoms with E-state index in [1.54, 1.807) is 29.2 Å². The van der Waals surface area contributed by atoms with E-state index in [2.05, 4.69) is 46.1 Å². The van der Waals surface area contributed by atoms with E-state index in [0.717, 1.165) is 31.2 Å². The van der Waals surface area contributed by atoms with Crippen molar-refractivity contribution in [2.24, 2.45) is 0 Å². The van der Waals surface area contributed by atoms with E-state index < -0.39 is 8.32 Å². The molecule has 37 heavy (non-hydrogen) atoms. The molecule has 0 aromatic heterocycles. The molecule has 0 aliphatic rings. The van der Waals surface area contributed by atoms with Gasteiger partial charge in [0.1, 0.15) is 0 Å². The summed E-state index contributed by atoms with van der Waals surface area (Å²) in [5, 5.41) is 2.93. The molecular formula is C29H45N3O4Si. The van der Waals surface area contributed by atoms with Crippen molar-refractivity contribution in [3.05, 3.63) is 59.7 Å². The monoisotopic (exact) mass is 527 g/mol. The molecule has 0 fully saturated rings. The van der Waals surface area contributed by atoms with Crippen LogP contribution in [0.4, 0.5) is 16.2 Å². The van der Waals surface area contributed by atoms with Gasteiger partial charge in [-0.05, 0) is 54.4 Å². The fraction of sp³-hybridized carbons (Fsp3) is 0.517. The molecule has 0 spiro atoms. The largest absolute Gasteiger partial charge is 0.449 e. The van der Waals surface area contributed by atoms with Crippen molar-refractivity contribution in [2.75, 3.05) is 30.8 Å². The van der Waals surface area contributed by atoms with Crippen LogP contribution in [0.5, 0.6) is 0 Å². The smallest absolute Gasteiger partial charge is 0.410 e. The van der Waals surface area contributed by atoms with Crippen molar-refractivity contribution in [3.8, 4) is 0 Å². The highest BCUT2D eigenvalue weighted by molar-refractivity contribution is 6.74. The van der Waals surface area contributed by atoms with Gasteiger partial charge in [-0.15, -0.1) is 0 Å². The number of ether oxygens (including phenoxy) is 1. The van der Waals surface area contributed by atoms with Gasteiger partial charge in [0.2, 0.25) is 0 Å². The van der Waals surface area contributed by atoms with Gasteiger partial charge in [-0.3, -0.25) is 4.79 Å². The first-order valence-corrected chi connectivity index (χ1v) is 16.2. The van der Waals surface area contributed by atoms with Gasteiger partial charge in [0.25, 0.3) is 5.91 Å². The minimum Gasteiger partial charge on any atom is -0.449 e. The predicted octanol–water partition coefficient (Wildman–Crippen LogP) is 7.06. The summed E-state index contributed by atoms with van der Waals surface area (Å²) < 4.78 is 11.9. The normalized spacial score (nSPS) is 11.7. The summed E-state index contributed by atoms with van der Waals surface area (Å²) in [5.74, 6) is -0.240. The predicted molar refractivity (Wildman–Crippen MR) is 154 cm³/mol. The van der Waals surface area contributed by atoms with E-state index in [4.69, 9.17) is 14.9 Å². The molecule has 0 aliphatic heterocycles. The topological polar surface area (TPSA) is 93.9 Å². The van der Waals surface area contributed by atoms with Crippen molar-refractivity contribution >= 4 is 31.7 Å². The van der Waals surface area contributed by atoms with E-state index in [0.29, 0.717) is 43.2 Å². The zero-order valence-electron chi connectivity index (χ0n) is 23.4. The SMILES string of the molecule is CCCCCCOC(=O)N(CCO[Si](C)(C)C(C)(C)C)Cc1ccc(C(=O)Nc2ccccc2N)cc1. The molecule has 2 amide bonds. The van der Waals surface area contributed by atoms with E-state index in [1.807, 2.05) is 24.3 Å². The van der Waals surface area contributed by atoms with Gasteiger partial charge in [-0.1, -0.05) is 71.2 Å². The lowest BCUT2D eigenvalue weighted by Crippen LogP contribution is -2.43. The lowest BCUT2D eigenvalue weighted by molar-refractivity contribution is 0.0906. The standard InChI is InChI=1S/C29H45N3O4Si/c1-7-8-9-12-20-35-28(34)32(19-21-36-37(5,6)29(2,3)4)22-23-15-17-24(18-16-23)27(33)31-26-14-11-10-13-25(26)30/h10-11,13-18H,7-9,12,19-22,30H2,1-6H3,(H,31,33). The maximum Gasteiger partial charge on any atom is 0.410 e. The summed E-state index contributed by atoms with van der Waals surface area (Å²) in [4.78, 5) is 27.3. The number of nitrogens with two attached hydrogens (primary N) is 1. The number of unbranched alkanes of at least 4 members (excludes halogenated alkanes) is 3. The van der Waals surface area contributed by atoms with Crippen molar-refractivity contribution in [1.29, 1.82) is 0 Å². The molecule has 0 radical (unpaired) electrons. The van der Waals surface area contributed by atoms with E-state index >= 15 is 0 Å². The van der Waals surface area contributed by atoms with Crippen LogP contribution in [0.25, 0.3) is 0 Å². The quantitative estimate of drug-likeness (QED) is 0.165. The first-order valence-electron chi connectivity index (χ1n) is 13.2. The van der Waals surface area contributed by atoms with Gasteiger partial charge in [0.05, 0.1) is 24.6 Å². The molecule has 2 aromatic rings. The summed E-state index contributed by atoms with van der Waals surface area (Å²) in [7, 11) is -1.93. The number of nitrogen functional groups attached to an aromatic ring is 1. The molecule has 8 heteroatoms. The number of para-hydroxylation sites is 2. The Kier molecular flexibility index (Phi) is 11.7.